The molecule has 0 aliphatic rings. The molecule has 0 bridgehead atoms. The van der Waals surface area contributed by atoms with Crippen molar-refractivity contribution in [1.82, 2.24) is 0 Å². The number of carbonyl (C=O) groups excluding carboxylic acids is 1. The highest BCUT2D eigenvalue weighted by Crippen LogP contribution is 2.36. The van der Waals surface area contributed by atoms with Crippen LogP contribution in [0, 0.1) is 0 Å². The Morgan fingerprint density at radius 3 is 1.36 bits per heavy atom. The molecule has 0 spiro atoms. The summed E-state index contributed by atoms with van der Waals surface area (Å²) >= 11 is 0. The van der Waals surface area contributed by atoms with Crippen LogP contribution < -0.4 is 0 Å². The van der Waals surface area contributed by atoms with Gasteiger partial charge in [-0.25, -0.2) is 4.57 Å². The van der Waals surface area contributed by atoms with Crippen molar-refractivity contribution in [2.24, 2.45) is 0 Å². The molecule has 0 radical (unpaired) electrons. The van der Waals surface area contributed by atoms with Crippen molar-refractivity contribution >= 4 is 13.8 Å². The largest absolute Gasteiger partial charge is 0.498 e. The smallest absolute Gasteiger partial charge is 0.469 e. The van der Waals surface area contributed by atoms with Crippen LogP contribution in [0.25, 0.3) is 0 Å². The zero-order valence-electron chi connectivity index (χ0n) is 29.5. The van der Waals surface area contributed by atoms with E-state index in [1.165, 1.54) is 148 Å². The summed E-state index contributed by atoms with van der Waals surface area (Å²) in [5.74, 6) is -0.381. The molecule has 0 unspecified atom stereocenters. The molecular formula is C37H73O7P. The van der Waals surface area contributed by atoms with Gasteiger partial charge in [0.2, 0.25) is 0 Å². The lowest BCUT2D eigenvalue weighted by atomic mass is 10.0. The number of unbranched alkanes of at least 4 members (excludes halogenated alkanes) is 26. The molecule has 0 aromatic rings. The van der Waals surface area contributed by atoms with Crippen molar-refractivity contribution in [1.29, 1.82) is 0 Å². The Labute approximate surface area is 278 Å². The highest BCUT2D eigenvalue weighted by molar-refractivity contribution is 7.46. The fourth-order valence-electron chi connectivity index (χ4n) is 5.58. The fourth-order valence-corrected chi connectivity index (χ4v) is 5.94. The van der Waals surface area contributed by atoms with Crippen molar-refractivity contribution in [2.75, 3.05) is 13.2 Å². The molecule has 45 heavy (non-hydrogen) atoms. The van der Waals surface area contributed by atoms with E-state index in [-0.39, 0.29) is 12.6 Å². The van der Waals surface area contributed by atoms with Gasteiger partial charge in [0.15, 0.2) is 6.10 Å². The maximum absolute atomic E-state index is 12.3. The van der Waals surface area contributed by atoms with Gasteiger partial charge in [0.05, 0.1) is 12.9 Å². The zero-order chi connectivity index (χ0) is 33.1. The summed E-state index contributed by atoms with van der Waals surface area (Å²) in [5.41, 5.74) is 0. The molecule has 7 nitrogen and oxygen atoms in total. The van der Waals surface area contributed by atoms with Crippen LogP contribution in [0.5, 0.6) is 0 Å². The Morgan fingerprint density at radius 2 is 0.956 bits per heavy atom. The summed E-state index contributed by atoms with van der Waals surface area (Å²) < 4.78 is 26.7. The summed E-state index contributed by atoms with van der Waals surface area (Å²) in [6.45, 7) is 4.12. The van der Waals surface area contributed by atoms with Crippen LogP contribution in [0.1, 0.15) is 200 Å². The molecule has 0 saturated carbocycles. The van der Waals surface area contributed by atoms with Gasteiger partial charge in [0, 0.05) is 6.42 Å². The first-order valence-electron chi connectivity index (χ1n) is 19.0. The number of hydrogen-bond acceptors (Lipinski definition) is 5. The number of phosphoric acid groups is 1. The average Bonchev–Trinajstić information content (AvgIpc) is 3.01. The number of esters is 1. The van der Waals surface area contributed by atoms with Crippen molar-refractivity contribution in [3.63, 3.8) is 0 Å². The lowest BCUT2D eigenvalue weighted by Gasteiger charge is -2.18. The predicted octanol–water partition coefficient (Wildman–Crippen LogP) is 11.9. The number of allylic oxidation sites excluding steroid dienone is 1. The van der Waals surface area contributed by atoms with E-state index in [9.17, 15) is 9.36 Å². The quantitative estimate of drug-likeness (QED) is 0.0298. The lowest BCUT2D eigenvalue weighted by molar-refractivity contribution is -0.153. The molecule has 0 amide bonds. The second-order valence-electron chi connectivity index (χ2n) is 13.0. The second kappa shape index (κ2) is 34.5. The Balaban J connectivity index is 3.85. The molecule has 0 heterocycles. The van der Waals surface area contributed by atoms with Crippen LogP contribution in [-0.2, 0) is 23.4 Å². The Bertz CT molecular complexity index is 694. The van der Waals surface area contributed by atoms with Crippen molar-refractivity contribution in [3.8, 4) is 0 Å². The Kier molecular flexibility index (Phi) is 33.8. The predicted molar refractivity (Wildman–Crippen MR) is 188 cm³/mol. The van der Waals surface area contributed by atoms with Crippen molar-refractivity contribution in [2.45, 2.75) is 206 Å². The van der Waals surface area contributed by atoms with Crippen LogP contribution >= 0.6 is 7.82 Å². The maximum atomic E-state index is 12.3. The average molecular weight is 661 g/mol. The first-order valence-corrected chi connectivity index (χ1v) is 20.6. The van der Waals surface area contributed by atoms with E-state index in [1.807, 2.05) is 6.08 Å². The summed E-state index contributed by atoms with van der Waals surface area (Å²) in [7, 11) is -4.66. The molecule has 0 fully saturated rings. The minimum atomic E-state index is -4.66. The van der Waals surface area contributed by atoms with Gasteiger partial charge in [-0.1, -0.05) is 174 Å². The number of phosphoric ester groups is 1. The van der Waals surface area contributed by atoms with Crippen LogP contribution in [0.2, 0.25) is 0 Å². The van der Waals surface area contributed by atoms with Gasteiger partial charge in [-0.05, 0) is 25.3 Å². The van der Waals surface area contributed by atoms with E-state index in [2.05, 4.69) is 18.4 Å². The Hall–Kier alpha value is -0.880. The summed E-state index contributed by atoms with van der Waals surface area (Å²) in [6.07, 6.45) is 38.6. The molecular weight excluding hydrogens is 587 g/mol. The number of rotatable bonds is 36. The second-order valence-corrected chi connectivity index (χ2v) is 14.2. The van der Waals surface area contributed by atoms with Crippen LogP contribution in [0.15, 0.2) is 12.3 Å². The van der Waals surface area contributed by atoms with Gasteiger partial charge < -0.3 is 19.3 Å². The molecule has 0 aromatic carbocycles. The van der Waals surface area contributed by atoms with Gasteiger partial charge in [0.25, 0.3) is 0 Å². The number of carbonyl (C=O) groups is 1. The molecule has 0 rings (SSSR count). The normalized spacial score (nSPS) is 12.6. The standard InChI is InChI=1S/C37H73O7P/c1-3-5-7-9-11-13-15-17-19-20-22-24-26-28-30-32-37(38)44-36(35-43-45(39,40)41)34-42-33-31-29-27-25-23-21-18-16-14-12-10-8-6-4-2/h31,33,36H,3-30,32,34-35H2,1-2H3,(H2,39,40,41)/b33-31-/t36-/m1/s1. The van der Waals surface area contributed by atoms with E-state index in [0.29, 0.717) is 6.42 Å². The number of hydrogen-bond donors (Lipinski definition) is 2. The van der Waals surface area contributed by atoms with E-state index in [4.69, 9.17) is 19.3 Å². The van der Waals surface area contributed by atoms with Crippen molar-refractivity contribution < 1.29 is 33.1 Å². The molecule has 0 aromatic heterocycles. The monoisotopic (exact) mass is 661 g/mol. The van der Waals surface area contributed by atoms with Gasteiger partial charge in [-0.2, -0.15) is 0 Å². The third-order valence-corrected chi connectivity index (χ3v) is 8.90. The molecule has 8 heteroatoms. The first kappa shape index (κ1) is 44.1. The van der Waals surface area contributed by atoms with E-state index < -0.39 is 20.5 Å². The molecule has 0 saturated heterocycles. The van der Waals surface area contributed by atoms with Crippen molar-refractivity contribution in [3.05, 3.63) is 12.3 Å². The number of ether oxygens (including phenoxy) is 2. The van der Waals surface area contributed by atoms with E-state index >= 15 is 0 Å². The zero-order valence-corrected chi connectivity index (χ0v) is 30.4. The summed E-state index contributed by atoms with van der Waals surface area (Å²) in [4.78, 5) is 30.5. The third-order valence-electron chi connectivity index (χ3n) is 8.41. The fraction of sp³-hybridized carbons (Fsp3) is 0.919. The third kappa shape index (κ3) is 37.5. The van der Waals surface area contributed by atoms with E-state index in [0.717, 1.165) is 32.1 Å². The highest BCUT2D eigenvalue weighted by Gasteiger charge is 2.21. The lowest BCUT2D eigenvalue weighted by Crippen LogP contribution is -2.27. The van der Waals surface area contributed by atoms with Gasteiger partial charge >= 0.3 is 13.8 Å². The minimum Gasteiger partial charge on any atom is -0.498 e. The topological polar surface area (TPSA) is 102 Å². The Morgan fingerprint density at radius 1 is 0.578 bits per heavy atom. The van der Waals surface area contributed by atoms with E-state index in [1.54, 1.807) is 6.26 Å². The molecule has 268 valence electrons. The first-order chi connectivity index (χ1) is 21.9. The maximum Gasteiger partial charge on any atom is 0.469 e. The molecule has 2 N–H and O–H groups in total. The molecule has 0 aliphatic heterocycles. The summed E-state index contributed by atoms with van der Waals surface area (Å²) in [5, 5.41) is 0. The van der Waals surface area contributed by atoms with Crippen LogP contribution in [-0.4, -0.2) is 35.1 Å². The summed E-state index contributed by atoms with van der Waals surface area (Å²) in [6, 6.07) is 0. The highest BCUT2D eigenvalue weighted by atomic mass is 31.2. The molecule has 1 atom stereocenters. The van der Waals surface area contributed by atoms with Gasteiger partial charge in [-0.3, -0.25) is 9.32 Å². The van der Waals surface area contributed by atoms with Crippen LogP contribution in [0.4, 0.5) is 0 Å². The van der Waals surface area contributed by atoms with Gasteiger partial charge in [0.1, 0.15) is 6.61 Å². The SMILES string of the molecule is CCCCCCCCCCCCCC/C=C\OC[C@H](COP(=O)(O)O)OC(=O)CCCCCCCCCCCCCCCCC. The van der Waals surface area contributed by atoms with Gasteiger partial charge in [-0.15, -0.1) is 0 Å². The minimum absolute atomic E-state index is 0.000455. The molecule has 0 aliphatic carbocycles. The van der Waals surface area contributed by atoms with Crippen LogP contribution in [0.3, 0.4) is 0 Å².